The molecule has 0 unspecified atom stereocenters. The van der Waals surface area contributed by atoms with E-state index in [1.165, 1.54) is 12.8 Å². The van der Waals surface area contributed by atoms with Gasteiger partial charge < -0.3 is 20.0 Å². The number of benzene rings is 1. The van der Waals surface area contributed by atoms with Gasteiger partial charge in [0.15, 0.2) is 5.82 Å². The standard InChI is InChI=1S/C21H23N5O2/c1-14-11-19(15(2)28-14)21(27)24-17-7-5-16(6-8-17)23-20-12-18(13-22-25-20)26-9-3-4-10-26/h5-8,11-13H,3-4,9-10H2,1-2H3,(H,23,25)(H,24,27). The molecule has 3 aromatic rings. The van der Waals surface area contributed by atoms with E-state index < -0.39 is 0 Å². The number of furan rings is 1. The summed E-state index contributed by atoms with van der Waals surface area (Å²) in [7, 11) is 0. The first kappa shape index (κ1) is 18.0. The second-order valence-electron chi connectivity index (χ2n) is 6.98. The van der Waals surface area contributed by atoms with E-state index in [2.05, 4.69) is 25.7 Å². The molecule has 144 valence electrons. The Morgan fingerprint density at radius 1 is 1.07 bits per heavy atom. The number of nitrogens with zero attached hydrogens (tertiary/aromatic N) is 3. The van der Waals surface area contributed by atoms with Crippen molar-refractivity contribution in [3.05, 3.63) is 59.7 Å². The minimum Gasteiger partial charge on any atom is -0.466 e. The molecule has 0 spiro atoms. The van der Waals surface area contributed by atoms with E-state index in [1.807, 2.05) is 37.3 Å². The first-order chi connectivity index (χ1) is 13.6. The molecule has 1 aromatic carbocycles. The smallest absolute Gasteiger partial charge is 0.259 e. The Morgan fingerprint density at radius 3 is 2.46 bits per heavy atom. The van der Waals surface area contributed by atoms with E-state index in [1.54, 1.807) is 19.2 Å². The van der Waals surface area contributed by atoms with Crippen LogP contribution in [0.15, 0.2) is 47.0 Å². The highest BCUT2D eigenvalue weighted by Crippen LogP contribution is 2.24. The van der Waals surface area contributed by atoms with Crippen LogP contribution in [0.4, 0.5) is 22.9 Å². The first-order valence-corrected chi connectivity index (χ1v) is 9.41. The maximum absolute atomic E-state index is 12.4. The topological polar surface area (TPSA) is 83.3 Å². The van der Waals surface area contributed by atoms with Gasteiger partial charge in [-0.25, -0.2) is 0 Å². The molecule has 0 bridgehead atoms. The summed E-state index contributed by atoms with van der Waals surface area (Å²) in [4.78, 5) is 14.7. The van der Waals surface area contributed by atoms with Crippen molar-refractivity contribution in [2.24, 2.45) is 0 Å². The van der Waals surface area contributed by atoms with E-state index in [0.717, 1.165) is 30.2 Å². The molecule has 1 amide bonds. The first-order valence-electron chi connectivity index (χ1n) is 9.41. The summed E-state index contributed by atoms with van der Waals surface area (Å²) in [5, 5.41) is 14.4. The number of nitrogens with one attached hydrogen (secondary N) is 2. The average molecular weight is 377 g/mol. The van der Waals surface area contributed by atoms with E-state index in [9.17, 15) is 4.79 Å². The molecule has 1 saturated heterocycles. The molecule has 2 N–H and O–H groups in total. The number of aryl methyl sites for hydroxylation is 2. The summed E-state index contributed by atoms with van der Waals surface area (Å²) < 4.78 is 5.42. The number of hydrogen-bond acceptors (Lipinski definition) is 6. The minimum absolute atomic E-state index is 0.181. The van der Waals surface area contributed by atoms with Gasteiger partial charge in [-0.1, -0.05) is 0 Å². The van der Waals surface area contributed by atoms with Gasteiger partial charge in [-0.05, 0) is 57.0 Å². The molecule has 1 aliphatic heterocycles. The van der Waals surface area contributed by atoms with E-state index >= 15 is 0 Å². The fourth-order valence-electron chi connectivity index (χ4n) is 3.41. The Morgan fingerprint density at radius 2 is 1.79 bits per heavy atom. The maximum atomic E-state index is 12.4. The number of rotatable bonds is 5. The summed E-state index contributed by atoms with van der Waals surface area (Å²) in [5.74, 6) is 1.86. The second kappa shape index (κ2) is 7.72. The lowest BCUT2D eigenvalue weighted by molar-refractivity contribution is 0.102. The quantitative estimate of drug-likeness (QED) is 0.690. The predicted molar refractivity (Wildman–Crippen MR) is 109 cm³/mol. The van der Waals surface area contributed by atoms with Crippen LogP contribution in [0.3, 0.4) is 0 Å². The molecule has 4 rings (SSSR count). The minimum atomic E-state index is -0.181. The van der Waals surface area contributed by atoms with Crippen LogP contribution in [0, 0.1) is 13.8 Å². The third-order valence-corrected chi connectivity index (χ3v) is 4.81. The van der Waals surface area contributed by atoms with Crippen LogP contribution >= 0.6 is 0 Å². The molecule has 0 atom stereocenters. The molecular formula is C21H23N5O2. The van der Waals surface area contributed by atoms with Crippen molar-refractivity contribution in [3.8, 4) is 0 Å². The van der Waals surface area contributed by atoms with Crippen molar-refractivity contribution in [1.29, 1.82) is 0 Å². The number of carbonyl (C=O) groups is 1. The van der Waals surface area contributed by atoms with Gasteiger partial charge >= 0.3 is 0 Å². The molecule has 2 aromatic heterocycles. The van der Waals surface area contributed by atoms with E-state index in [-0.39, 0.29) is 5.91 Å². The maximum Gasteiger partial charge on any atom is 0.259 e. The number of aromatic nitrogens is 2. The van der Waals surface area contributed by atoms with Gasteiger partial charge in [0.25, 0.3) is 5.91 Å². The molecular weight excluding hydrogens is 354 g/mol. The number of carbonyl (C=O) groups excluding carboxylic acids is 1. The fraction of sp³-hybridized carbons (Fsp3) is 0.286. The highest BCUT2D eigenvalue weighted by Gasteiger charge is 2.14. The number of hydrogen-bond donors (Lipinski definition) is 2. The summed E-state index contributed by atoms with van der Waals surface area (Å²) >= 11 is 0. The van der Waals surface area contributed by atoms with Crippen LogP contribution in [0.25, 0.3) is 0 Å². The van der Waals surface area contributed by atoms with Gasteiger partial charge in [-0.15, -0.1) is 5.10 Å². The molecule has 28 heavy (non-hydrogen) atoms. The lowest BCUT2D eigenvalue weighted by Gasteiger charge is -2.17. The second-order valence-corrected chi connectivity index (χ2v) is 6.98. The zero-order valence-electron chi connectivity index (χ0n) is 16.0. The monoisotopic (exact) mass is 377 g/mol. The van der Waals surface area contributed by atoms with E-state index in [0.29, 0.717) is 22.8 Å². The Labute approximate surface area is 163 Å². The van der Waals surface area contributed by atoms with E-state index in [4.69, 9.17) is 4.42 Å². The molecule has 7 heteroatoms. The highest BCUT2D eigenvalue weighted by molar-refractivity contribution is 6.05. The van der Waals surface area contributed by atoms with Gasteiger partial charge in [0, 0.05) is 30.5 Å². The summed E-state index contributed by atoms with van der Waals surface area (Å²) in [6, 6.07) is 11.2. The van der Waals surface area contributed by atoms with Crippen LogP contribution < -0.4 is 15.5 Å². The lowest BCUT2D eigenvalue weighted by Crippen LogP contribution is -2.18. The third-order valence-electron chi connectivity index (χ3n) is 4.81. The van der Waals surface area contributed by atoms with Crippen LogP contribution in [-0.4, -0.2) is 29.2 Å². The van der Waals surface area contributed by atoms with Crippen molar-refractivity contribution in [2.75, 3.05) is 28.6 Å². The van der Waals surface area contributed by atoms with Crippen molar-refractivity contribution >= 4 is 28.8 Å². The van der Waals surface area contributed by atoms with Crippen molar-refractivity contribution in [3.63, 3.8) is 0 Å². The van der Waals surface area contributed by atoms with Gasteiger partial charge in [-0.3, -0.25) is 4.79 Å². The zero-order valence-corrected chi connectivity index (χ0v) is 16.0. The van der Waals surface area contributed by atoms with Crippen LogP contribution in [0.1, 0.15) is 34.7 Å². The van der Waals surface area contributed by atoms with Crippen molar-refractivity contribution in [1.82, 2.24) is 10.2 Å². The summed E-state index contributed by atoms with van der Waals surface area (Å²) in [6.45, 7) is 5.74. The highest BCUT2D eigenvalue weighted by atomic mass is 16.3. The predicted octanol–water partition coefficient (Wildman–Crippen LogP) is 4.28. The molecule has 0 aliphatic carbocycles. The van der Waals surface area contributed by atoms with Crippen molar-refractivity contribution < 1.29 is 9.21 Å². The Kier molecular flexibility index (Phi) is 4.97. The Balaban J connectivity index is 1.41. The van der Waals surface area contributed by atoms with Gasteiger partial charge in [-0.2, -0.15) is 5.10 Å². The molecule has 3 heterocycles. The SMILES string of the molecule is Cc1cc(C(=O)Nc2ccc(Nc3cc(N4CCCC4)cnn3)cc2)c(C)o1. The molecule has 0 saturated carbocycles. The number of anilines is 4. The Bertz CT molecular complexity index is 975. The Hall–Kier alpha value is -3.35. The van der Waals surface area contributed by atoms with Crippen LogP contribution in [0.2, 0.25) is 0 Å². The average Bonchev–Trinajstić information content (AvgIpc) is 3.33. The third kappa shape index (κ3) is 3.98. The van der Waals surface area contributed by atoms with Gasteiger partial charge in [0.2, 0.25) is 0 Å². The van der Waals surface area contributed by atoms with Gasteiger partial charge in [0.05, 0.1) is 17.4 Å². The lowest BCUT2D eigenvalue weighted by atomic mass is 10.2. The molecule has 7 nitrogen and oxygen atoms in total. The summed E-state index contributed by atoms with van der Waals surface area (Å²) in [6.07, 6.45) is 4.24. The molecule has 0 radical (unpaired) electrons. The molecule has 1 fully saturated rings. The van der Waals surface area contributed by atoms with Crippen molar-refractivity contribution in [2.45, 2.75) is 26.7 Å². The molecule has 1 aliphatic rings. The normalized spacial score (nSPS) is 13.6. The number of amides is 1. The van der Waals surface area contributed by atoms with Gasteiger partial charge in [0.1, 0.15) is 11.5 Å². The zero-order chi connectivity index (χ0) is 19.5. The van der Waals surface area contributed by atoms with Crippen LogP contribution in [0.5, 0.6) is 0 Å². The summed E-state index contributed by atoms with van der Waals surface area (Å²) in [5.41, 5.74) is 3.23. The fourth-order valence-corrected chi connectivity index (χ4v) is 3.41. The largest absolute Gasteiger partial charge is 0.466 e. The van der Waals surface area contributed by atoms with Crippen LogP contribution in [-0.2, 0) is 0 Å².